The number of rotatable bonds is 4. The molecule has 0 saturated heterocycles. The summed E-state index contributed by atoms with van der Waals surface area (Å²) in [6, 6.07) is 6.63. The number of hydrogen-bond acceptors (Lipinski definition) is 5. The molecule has 8 nitrogen and oxygen atoms in total. The number of ether oxygens (including phenoxy) is 1. The third-order valence-corrected chi connectivity index (χ3v) is 6.79. The summed E-state index contributed by atoms with van der Waals surface area (Å²) in [5.41, 5.74) is 0.950. The maximum atomic E-state index is 13.7. The molecule has 6 rings (SSSR count). The molecule has 1 aliphatic heterocycles. The number of nitrogens with zero attached hydrogens (tertiary/aromatic N) is 6. The highest BCUT2D eigenvalue weighted by molar-refractivity contribution is 9.10. The lowest BCUT2D eigenvalue weighted by Crippen LogP contribution is -2.41. The highest BCUT2D eigenvalue weighted by atomic mass is 79.9. The predicted molar refractivity (Wildman–Crippen MR) is 113 cm³/mol. The first-order valence-corrected chi connectivity index (χ1v) is 11.1. The monoisotopic (exact) mass is 502 g/mol. The van der Waals surface area contributed by atoms with E-state index in [0.717, 1.165) is 16.2 Å². The van der Waals surface area contributed by atoms with Gasteiger partial charge >= 0.3 is 5.69 Å². The first-order valence-electron chi connectivity index (χ1n) is 10.3. The molecule has 0 radical (unpaired) electrons. The zero-order valence-electron chi connectivity index (χ0n) is 16.7. The van der Waals surface area contributed by atoms with Gasteiger partial charge in [-0.15, -0.1) is 0 Å². The first kappa shape index (κ1) is 19.6. The molecule has 0 amide bonds. The number of hydrogen-bond donors (Lipinski definition) is 0. The molecule has 1 aromatic carbocycles. The van der Waals surface area contributed by atoms with Crippen LogP contribution in [-0.2, 0) is 6.42 Å². The van der Waals surface area contributed by atoms with Crippen LogP contribution in [0.1, 0.15) is 42.7 Å². The Labute approximate surface area is 188 Å². The molecule has 4 heterocycles. The average Bonchev–Trinajstić information content (AvgIpc) is 3.40. The largest absolute Gasteiger partial charge is 0.473 e. The molecule has 32 heavy (non-hydrogen) atoms. The van der Waals surface area contributed by atoms with Gasteiger partial charge in [-0.3, -0.25) is 4.57 Å². The predicted octanol–water partition coefficient (Wildman–Crippen LogP) is 3.45. The van der Waals surface area contributed by atoms with Crippen LogP contribution in [0, 0.1) is 11.6 Å². The van der Waals surface area contributed by atoms with E-state index in [9.17, 15) is 13.6 Å². The van der Waals surface area contributed by atoms with Crippen molar-refractivity contribution < 1.29 is 13.5 Å². The second kappa shape index (κ2) is 7.22. The van der Waals surface area contributed by atoms with E-state index in [1.807, 2.05) is 12.1 Å². The SMILES string of the molecule is O=c1n2c(nn1[C@H]1C[C@H](Oc3ncnn4c(Br)ccc34)C1)CC[C@H]2c1cc(F)cc(F)c1. The molecule has 4 aromatic rings. The fourth-order valence-corrected chi connectivity index (χ4v) is 5.01. The van der Waals surface area contributed by atoms with Crippen LogP contribution in [0.2, 0.25) is 0 Å². The molecule has 1 aliphatic carbocycles. The van der Waals surface area contributed by atoms with E-state index >= 15 is 0 Å². The van der Waals surface area contributed by atoms with Crippen LogP contribution >= 0.6 is 15.9 Å². The van der Waals surface area contributed by atoms with E-state index in [1.165, 1.54) is 23.1 Å². The molecule has 0 bridgehead atoms. The maximum Gasteiger partial charge on any atom is 0.346 e. The second-order valence-corrected chi connectivity index (χ2v) is 8.97. The Morgan fingerprint density at radius 3 is 2.69 bits per heavy atom. The van der Waals surface area contributed by atoms with Gasteiger partial charge in [0, 0.05) is 25.3 Å². The smallest absolute Gasteiger partial charge is 0.346 e. The number of benzene rings is 1. The van der Waals surface area contributed by atoms with Crippen molar-refractivity contribution in [3.8, 4) is 5.88 Å². The molecule has 11 heteroatoms. The molecule has 0 unspecified atom stereocenters. The van der Waals surface area contributed by atoms with Gasteiger partial charge in [0.2, 0.25) is 5.88 Å². The molecule has 0 N–H and O–H groups in total. The van der Waals surface area contributed by atoms with Crippen molar-refractivity contribution in [2.45, 2.75) is 43.9 Å². The second-order valence-electron chi connectivity index (χ2n) is 8.15. The van der Waals surface area contributed by atoms with Crippen molar-refractivity contribution in [3.05, 3.63) is 74.8 Å². The molecule has 2 aliphatic rings. The Bertz CT molecular complexity index is 1390. The van der Waals surface area contributed by atoms with E-state index in [-0.39, 0.29) is 17.8 Å². The van der Waals surface area contributed by atoms with Crippen molar-refractivity contribution in [2.75, 3.05) is 0 Å². The summed E-state index contributed by atoms with van der Waals surface area (Å²) in [6.07, 6.45) is 3.75. The minimum absolute atomic E-state index is 0.0909. The number of fused-ring (bicyclic) bond motifs is 2. The fraction of sp³-hybridized carbons (Fsp3) is 0.333. The van der Waals surface area contributed by atoms with Gasteiger partial charge in [0.15, 0.2) is 0 Å². The third-order valence-electron chi connectivity index (χ3n) is 6.19. The lowest BCUT2D eigenvalue weighted by Gasteiger charge is -2.34. The summed E-state index contributed by atoms with van der Waals surface area (Å²) in [5.74, 6) is -0.171. The molecule has 164 valence electrons. The van der Waals surface area contributed by atoms with Gasteiger partial charge in [0.25, 0.3) is 0 Å². The quantitative estimate of drug-likeness (QED) is 0.427. The first-order chi connectivity index (χ1) is 15.5. The van der Waals surface area contributed by atoms with Crippen molar-refractivity contribution in [1.82, 2.24) is 28.9 Å². The van der Waals surface area contributed by atoms with Crippen molar-refractivity contribution in [1.29, 1.82) is 0 Å². The minimum atomic E-state index is -0.651. The van der Waals surface area contributed by atoms with Crippen LogP contribution < -0.4 is 10.4 Å². The Morgan fingerprint density at radius 2 is 1.91 bits per heavy atom. The van der Waals surface area contributed by atoms with Crippen LogP contribution in [0.25, 0.3) is 5.52 Å². The van der Waals surface area contributed by atoms with Crippen LogP contribution in [0.5, 0.6) is 5.88 Å². The summed E-state index contributed by atoms with van der Waals surface area (Å²) in [4.78, 5) is 17.3. The Kier molecular flexibility index (Phi) is 4.42. The van der Waals surface area contributed by atoms with Crippen molar-refractivity contribution in [3.63, 3.8) is 0 Å². The van der Waals surface area contributed by atoms with Gasteiger partial charge < -0.3 is 4.74 Å². The number of halogens is 3. The molecular formula is C21H17BrF2N6O2. The van der Waals surface area contributed by atoms with Gasteiger partial charge in [0.05, 0.1) is 12.1 Å². The molecule has 3 aromatic heterocycles. The van der Waals surface area contributed by atoms with Crippen LogP contribution in [0.4, 0.5) is 8.78 Å². The van der Waals surface area contributed by atoms with Crippen LogP contribution in [0.3, 0.4) is 0 Å². The Hall–Kier alpha value is -3.08. The summed E-state index contributed by atoms with van der Waals surface area (Å²) in [7, 11) is 0. The minimum Gasteiger partial charge on any atom is -0.473 e. The lowest BCUT2D eigenvalue weighted by molar-refractivity contribution is 0.0593. The standard InChI is InChI=1S/C21H17BrF2N6O2/c22-18-3-1-17-20(25-10-26-30(17)18)32-15-8-14(9-15)29-21(31)28-16(2-4-19(28)27-29)11-5-12(23)7-13(24)6-11/h1,3,5-7,10,14-16H,2,4,8-9H2/t14-,15-,16-/m0/s1. The van der Waals surface area contributed by atoms with E-state index < -0.39 is 17.7 Å². The lowest BCUT2D eigenvalue weighted by atomic mass is 9.89. The Morgan fingerprint density at radius 1 is 1.12 bits per heavy atom. The Balaban J connectivity index is 1.21. The fourth-order valence-electron chi connectivity index (χ4n) is 4.60. The zero-order chi connectivity index (χ0) is 22.0. The summed E-state index contributed by atoms with van der Waals surface area (Å²) in [5, 5.41) is 8.69. The summed E-state index contributed by atoms with van der Waals surface area (Å²) >= 11 is 3.42. The molecule has 1 saturated carbocycles. The van der Waals surface area contributed by atoms with E-state index in [4.69, 9.17) is 4.74 Å². The number of aryl methyl sites for hydroxylation is 1. The number of aromatic nitrogens is 6. The molecule has 1 fully saturated rings. The molecule has 0 spiro atoms. The van der Waals surface area contributed by atoms with Gasteiger partial charge in [-0.25, -0.2) is 22.8 Å². The van der Waals surface area contributed by atoms with Crippen LogP contribution in [0.15, 0.2) is 46.1 Å². The van der Waals surface area contributed by atoms with Gasteiger partial charge in [0.1, 0.15) is 40.0 Å². The highest BCUT2D eigenvalue weighted by Gasteiger charge is 2.38. The van der Waals surface area contributed by atoms with E-state index in [2.05, 4.69) is 31.1 Å². The highest BCUT2D eigenvalue weighted by Crippen LogP contribution is 2.36. The maximum absolute atomic E-state index is 13.7. The van der Waals surface area contributed by atoms with E-state index in [1.54, 1.807) is 9.08 Å². The van der Waals surface area contributed by atoms with E-state index in [0.29, 0.717) is 43.0 Å². The van der Waals surface area contributed by atoms with Gasteiger partial charge in [-0.1, -0.05) is 0 Å². The van der Waals surface area contributed by atoms with Gasteiger partial charge in [-0.2, -0.15) is 15.2 Å². The van der Waals surface area contributed by atoms with Crippen LogP contribution in [-0.4, -0.2) is 35.0 Å². The third kappa shape index (κ3) is 3.06. The van der Waals surface area contributed by atoms with Gasteiger partial charge in [-0.05, 0) is 52.2 Å². The topological polar surface area (TPSA) is 79.2 Å². The molecule has 1 atom stereocenters. The zero-order valence-corrected chi connectivity index (χ0v) is 18.2. The van der Waals surface area contributed by atoms with Crippen molar-refractivity contribution in [2.24, 2.45) is 0 Å². The normalized spacial score (nSPS) is 22.2. The average molecular weight is 503 g/mol. The molecular weight excluding hydrogens is 486 g/mol. The summed E-state index contributed by atoms with van der Waals surface area (Å²) in [6.45, 7) is 0. The van der Waals surface area contributed by atoms with Crippen molar-refractivity contribution >= 4 is 21.4 Å². The summed E-state index contributed by atoms with van der Waals surface area (Å²) < 4.78 is 39.0.